The Kier molecular flexibility index (Phi) is 4.37. The SMILES string of the molecule is O=C(CCc1ccccc1)N1CCn2ncc(C3CCCC3)c2C1. The van der Waals surface area contributed by atoms with E-state index in [1.165, 1.54) is 42.5 Å². The van der Waals surface area contributed by atoms with Gasteiger partial charge >= 0.3 is 0 Å². The maximum absolute atomic E-state index is 12.6. The lowest BCUT2D eigenvalue weighted by Gasteiger charge is -2.29. The molecule has 1 aromatic carbocycles. The minimum absolute atomic E-state index is 0.267. The van der Waals surface area contributed by atoms with Gasteiger partial charge in [-0.3, -0.25) is 9.48 Å². The van der Waals surface area contributed by atoms with Gasteiger partial charge < -0.3 is 4.90 Å². The summed E-state index contributed by atoms with van der Waals surface area (Å²) in [6, 6.07) is 10.3. The first-order chi connectivity index (χ1) is 11.8. The van der Waals surface area contributed by atoms with E-state index in [-0.39, 0.29) is 5.91 Å². The number of benzene rings is 1. The molecule has 24 heavy (non-hydrogen) atoms. The van der Waals surface area contributed by atoms with Gasteiger partial charge in [0.05, 0.1) is 25.0 Å². The number of carbonyl (C=O) groups excluding carboxylic acids is 1. The van der Waals surface area contributed by atoms with E-state index in [1.807, 2.05) is 23.1 Å². The fourth-order valence-electron chi connectivity index (χ4n) is 4.11. The van der Waals surface area contributed by atoms with E-state index in [0.717, 1.165) is 26.1 Å². The molecule has 2 aromatic rings. The first kappa shape index (κ1) is 15.4. The molecule has 1 aliphatic heterocycles. The number of fused-ring (bicyclic) bond motifs is 1. The van der Waals surface area contributed by atoms with Crippen molar-refractivity contribution < 1.29 is 4.79 Å². The van der Waals surface area contributed by atoms with Crippen LogP contribution in [0.2, 0.25) is 0 Å². The second kappa shape index (κ2) is 6.80. The number of nitrogens with zero attached hydrogens (tertiary/aromatic N) is 3. The molecule has 1 amide bonds. The van der Waals surface area contributed by atoms with E-state index in [2.05, 4.69) is 28.1 Å². The summed E-state index contributed by atoms with van der Waals surface area (Å²) in [7, 11) is 0. The van der Waals surface area contributed by atoms with Crippen molar-refractivity contribution in [1.29, 1.82) is 0 Å². The first-order valence-electron chi connectivity index (χ1n) is 9.17. The molecule has 0 N–H and O–H groups in total. The lowest BCUT2D eigenvalue weighted by molar-refractivity contribution is -0.132. The minimum Gasteiger partial charge on any atom is -0.335 e. The first-order valence-corrected chi connectivity index (χ1v) is 9.17. The molecule has 4 rings (SSSR count). The van der Waals surface area contributed by atoms with E-state index in [1.54, 1.807) is 0 Å². The highest BCUT2D eigenvalue weighted by atomic mass is 16.2. The van der Waals surface area contributed by atoms with Crippen LogP contribution in [-0.4, -0.2) is 27.1 Å². The van der Waals surface area contributed by atoms with Crippen molar-refractivity contribution >= 4 is 5.91 Å². The van der Waals surface area contributed by atoms with Gasteiger partial charge in [-0.05, 0) is 36.3 Å². The fraction of sp³-hybridized carbons (Fsp3) is 0.500. The average molecular weight is 323 g/mol. The smallest absolute Gasteiger partial charge is 0.223 e. The maximum Gasteiger partial charge on any atom is 0.223 e. The molecule has 4 heteroatoms. The molecule has 126 valence electrons. The maximum atomic E-state index is 12.6. The Hall–Kier alpha value is -2.10. The molecule has 1 aliphatic carbocycles. The molecule has 1 aromatic heterocycles. The van der Waals surface area contributed by atoms with Crippen LogP contribution in [0.5, 0.6) is 0 Å². The largest absolute Gasteiger partial charge is 0.335 e. The third kappa shape index (κ3) is 3.10. The molecule has 0 radical (unpaired) electrons. The van der Waals surface area contributed by atoms with Crippen molar-refractivity contribution in [2.45, 2.75) is 57.5 Å². The van der Waals surface area contributed by atoms with E-state index in [0.29, 0.717) is 12.3 Å². The zero-order valence-electron chi connectivity index (χ0n) is 14.2. The van der Waals surface area contributed by atoms with Crippen molar-refractivity contribution in [3.8, 4) is 0 Å². The summed E-state index contributed by atoms with van der Waals surface area (Å²) in [5, 5.41) is 4.57. The summed E-state index contributed by atoms with van der Waals surface area (Å²) in [6.07, 6.45) is 8.69. The molecule has 0 bridgehead atoms. The number of aromatic nitrogens is 2. The van der Waals surface area contributed by atoms with Crippen LogP contribution in [0.4, 0.5) is 0 Å². The van der Waals surface area contributed by atoms with E-state index in [9.17, 15) is 4.79 Å². The van der Waals surface area contributed by atoms with Gasteiger partial charge in [0, 0.05) is 13.0 Å². The number of hydrogen-bond donors (Lipinski definition) is 0. The van der Waals surface area contributed by atoms with Crippen molar-refractivity contribution in [3.63, 3.8) is 0 Å². The Bertz CT molecular complexity index is 701. The molecule has 4 nitrogen and oxygen atoms in total. The summed E-state index contributed by atoms with van der Waals surface area (Å²) in [5.74, 6) is 0.928. The molecule has 2 heterocycles. The van der Waals surface area contributed by atoms with Gasteiger partial charge in [0.25, 0.3) is 0 Å². The normalized spacial score (nSPS) is 17.9. The quantitative estimate of drug-likeness (QED) is 0.863. The summed E-state index contributed by atoms with van der Waals surface area (Å²) < 4.78 is 2.12. The topological polar surface area (TPSA) is 38.1 Å². The van der Waals surface area contributed by atoms with Crippen LogP contribution in [0, 0.1) is 0 Å². The van der Waals surface area contributed by atoms with Gasteiger partial charge in [-0.2, -0.15) is 5.10 Å². The van der Waals surface area contributed by atoms with Crippen molar-refractivity contribution in [2.75, 3.05) is 6.54 Å². The molecule has 0 spiro atoms. The van der Waals surface area contributed by atoms with E-state index >= 15 is 0 Å². The standard InChI is InChI=1S/C20H25N3O/c24-20(11-10-16-6-2-1-3-7-16)22-12-13-23-19(15-22)18(14-21-23)17-8-4-5-9-17/h1-3,6-7,14,17H,4-5,8-13,15H2. The Morgan fingerprint density at radius 2 is 1.92 bits per heavy atom. The van der Waals surface area contributed by atoms with Crippen molar-refractivity contribution in [2.24, 2.45) is 0 Å². The lowest BCUT2D eigenvalue weighted by Crippen LogP contribution is -2.39. The fourth-order valence-corrected chi connectivity index (χ4v) is 4.11. The Morgan fingerprint density at radius 3 is 2.71 bits per heavy atom. The third-order valence-electron chi connectivity index (χ3n) is 5.52. The molecular weight excluding hydrogens is 298 g/mol. The number of amides is 1. The Morgan fingerprint density at radius 1 is 1.12 bits per heavy atom. The summed E-state index contributed by atoms with van der Waals surface area (Å²) in [6.45, 7) is 2.35. The zero-order valence-corrected chi connectivity index (χ0v) is 14.2. The predicted molar refractivity (Wildman–Crippen MR) is 93.6 cm³/mol. The molecule has 1 fully saturated rings. The minimum atomic E-state index is 0.267. The molecule has 1 saturated carbocycles. The second-order valence-corrected chi connectivity index (χ2v) is 7.05. The number of aryl methyl sites for hydroxylation is 1. The molecule has 0 unspecified atom stereocenters. The average Bonchev–Trinajstić information content (AvgIpc) is 3.29. The summed E-state index contributed by atoms with van der Waals surface area (Å²) in [4.78, 5) is 14.7. The second-order valence-electron chi connectivity index (χ2n) is 7.05. The van der Waals surface area contributed by atoms with Gasteiger partial charge in [-0.15, -0.1) is 0 Å². The van der Waals surface area contributed by atoms with Gasteiger partial charge in [-0.25, -0.2) is 0 Å². The number of rotatable bonds is 4. The van der Waals surface area contributed by atoms with Gasteiger partial charge in [0.15, 0.2) is 0 Å². The van der Waals surface area contributed by atoms with Crippen LogP contribution in [0.15, 0.2) is 36.5 Å². The third-order valence-corrected chi connectivity index (χ3v) is 5.52. The Balaban J connectivity index is 1.41. The lowest BCUT2D eigenvalue weighted by atomic mass is 9.97. The van der Waals surface area contributed by atoms with Crippen LogP contribution in [0.25, 0.3) is 0 Å². The molecular formula is C20H25N3O. The number of carbonyl (C=O) groups is 1. The highest BCUT2D eigenvalue weighted by Crippen LogP contribution is 2.36. The van der Waals surface area contributed by atoms with Crippen LogP contribution in [-0.2, 0) is 24.3 Å². The van der Waals surface area contributed by atoms with Crippen molar-refractivity contribution in [3.05, 3.63) is 53.3 Å². The Labute approximate surface area is 143 Å². The van der Waals surface area contributed by atoms with Crippen LogP contribution >= 0.6 is 0 Å². The van der Waals surface area contributed by atoms with E-state index in [4.69, 9.17) is 0 Å². The monoisotopic (exact) mass is 323 g/mol. The van der Waals surface area contributed by atoms with Crippen molar-refractivity contribution in [1.82, 2.24) is 14.7 Å². The highest BCUT2D eigenvalue weighted by molar-refractivity contribution is 5.76. The van der Waals surface area contributed by atoms with Gasteiger partial charge in [0.1, 0.15) is 0 Å². The number of hydrogen-bond acceptors (Lipinski definition) is 2. The summed E-state index contributed by atoms with van der Waals surface area (Å²) in [5.41, 5.74) is 3.91. The zero-order chi connectivity index (χ0) is 16.4. The predicted octanol–water partition coefficient (Wildman–Crippen LogP) is 3.52. The van der Waals surface area contributed by atoms with Crippen LogP contribution in [0.3, 0.4) is 0 Å². The molecule has 0 saturated heterocycles. The van der Waals surface area contributed by atoms with Gasteiger partial charge in [0.2, 0.25) is 5.91 Å². The molecule has 0 atom stereocenters. The summed E-state index contributed by atoms with van der Waals surface area (Å²) >= 11 is 0. The molecule has 2 aliphatic rings. The van der Waals surface area contributed by atoms with Crippen LogP contribution in [0.1, 0.15) is 54.8 Å². The van der Waals surface area contributed by atoms with E-state index < -0.39 is 0 Å². The van der Waals surface area contributed by atoms with Gasteiger partial charge in [-0.1, -0.05) is 43.2 Å². The van der Waals surface area contributed by atoms with Crippen LogP contribution < -0.4 is 0 Å². The highest BCUT2D eigenvalue weighted by Gasteiger charge is 2.28.